The molecule has 0 aliphatic carbocycles. The first-order valence-corrected chi connectivity index (χ1v) is 8.08. The molecular weight excluding hydrogens is 244 g/mol. The topological polar surface area (TPSA) is 41.1 Å². The lowest BCUT2D eigenvalue weighted by Crippen LogP contribution is -2.42. The molecule has 0 atom stereocenters. The second kappa shape index (κ2) is 8.05. The minimum absolute atomic E-state index is 0.0795. The van der Waals surface area contributed by atoms with Gasteiger partial charge in [-0.3, -0.25) is 4.79 Å². The monoisotopic (exact) mass is 274 g/mol. The van der Waals surface area contributed by atoms with Crippen LogP contribution in [0.2, 0.25) is 0 Å². The molecule has 1 amide bonds. The Labute approximate surface area is 117 Å². The summed E-state index contributed by atoms with van der Waals surface area (Å²) < 4.78 is 0.202. The molecular formula is C14H30N2OS. The first-order valence-electron chi connectivity index (χ1n) is 6.85. The molecule has 3 nitrogen and oxygen atoms in total. The van der Waals surface area contributed by atoms with Crippen molar-refractivity contribution in [2.24, 2.45) is 0 Å². The van der Waals surface area contributed by atoms with E-state index in [1.807, 2.05) is 11.8 Å². The Morgan fingerprint density at radius 2 is 1.72 bits per heavy atom. The Bertz CT molecular complexity index is 236. The van der Waals surface area contributed by atoms with E-state index in [0.29, 0.717) is 6.42 Å². The summed E-state index contributed by atoms with van der Waals surface area (Å²) in [6.07, 6.45) is 4.85. The number of hydrogen-bond acceptors (Lipinski definition) is 3. The number of hydrogen-bond donors (Lipinski definition) is 2. The maximum Gasteiger partial charge on any atom is 0.221 e. The van der Waals surface area contributed by atoms with Gasteiger partial charge < -0.3 is 10.6 Å². The van der Waals surface area contributed by atoms with Gasteiger partial charge in [-0.25, -0.2) is 0 Å². The molecule has 0 unspecified atom stereocenters. The Morgan fingerprint density at radius 1 is 1.17 bits per heavy atom. The van der Waals surface area contributed by atoms with Gasteiger partial charge in [0.1, 0.15) is 0 Å². The molecule has 0 aliphatic heterocycles. The number of carbonyl (C=O) groups excluding carboxylic acids is 1. The van der Waals surface area contributed by atoms with Crippen LogP contribution in [-0.2, 0) is 4.79 Å². The van der Waals surface area contributed by atoms with Crippen LogP contribution in [0, 0.1) is 0 Å². The van der Waals surface area contributed by atoms with E-state index in [9.17, 15) is 4.79 Å². The quantitative estimate of drug-likeness (QED) is 0.715. The molecule has 0 fully saturated rings. The van der Waals surface area contributed by atoms with Gasteiger partial charge in [-0.2, -0.15) is 11.8 Å². The van der Waals surface area contributed by atoms with Crippen molar-refractivity contribution in [3.05, 3.63) is 0 Å². The van der Waals surface area contributed by atoms with Crippen molar-refractivity contribution in [3.8, 4) is 0 Å². The van der Waals surface area contributed by atoms with Crippen molar-refractivity contribution in [3.63, 3.8) is 0 Å². The molecule has 0 aromatic rings. The number of amides is 1. The summed E-state index contributed by atoms with van der Waals surface area (Å²) in [4.78, 5) is 11.8. The Hall–Kier alpha value is -0.220. The molecule has 0 aromatic carbocycles. The summed E-state index contributed by atoms with van der Waals surface area (Å²) in [5.74, 6) is 0.145. The van der Waals surface area contributed by atoms with Crippen LogP contribution in [0.4, 0.5) is 0 Å². The molecule has 0 aliphatic rings. The van der Waals surface area contributed by atoms with Crippen LogP contribution in [0.5, 0.6) is 0 Å². The van der Waals surface area contributed by atoms with E-state index >= 15 is 0 Å². The zero-order valence-electron chi connectivity index (χ0n) is 12.9. The van der Waals surface area contributed by atoms with Gasteiger partial charge in [0.25, 0.3) is 0 Å². The maximum absolute atomic E-state index is 11.8. The molecule has 0 bridgehead atoms. The fraction of sp³-hybridized carbons (Fsp3) is 0.929. The molecule has 0 radical (unpaired) electrons. The Kier molecular flexibility index (Phi) is 7.95. The molecule has 2 N–H and O–H groups in total. The van der Waals surface area contributed by atoms with E-state index in [1.54, 1.807) is 0 Å². The highest BCUT2D eigenvalue weighted by Crippen LogP contribution is 2.29. The van der Waals surface area contributed by atoms with Gasteiger partial charge in [0.15, 0.2) is 0 Å². The molecule has 0 rings (SSSR count). The standard InChI is InChI=1S/C14H30N2OS/c1-7-14(8-2,18-6)11-15-12(17)9-10-16-13(3,4)5/h16H,7-11H2,1-6H3,(H,15,17). The van der Waals surface area contributed by atoms with Crippen LogP contribution in [0.1, 0.15) is 53.9 Å². The number of carbonyl (C=O) groups is 1. The lowest BCUT2D eigenvalue weighted by atomic mass is 10.0. The molecule has 4 heteroatoms. The highest BCUT2D eigenvalue weighted by molar-refractivity contribution is 8.00. The minimum atomic E-state index is 0.0795. The lowest BCUT2D eigenvalue weighted by molar-refractivity contribution is -0.121. The third-order valence-electron chi connectivity index (χ3n) is 3.34. The molecule has 0 heterocycles. The highest BCUT2D eigenvalue weighted by Gasteiger charge is 2.25. The fourth-order valence-corrected chi connectivity index (χ4v) is 2.55. The van der Waals surface area contributed by atoms with Crippen molar-refractivity contribution in [1.82, 2.24) is 10.6 Å². The Morgan fingerprint density at radius 3 is 2.11 bits per heavy atom. The van der Waals surface area contributed by atoms with E-state index in [2.05, 4.69) is 51.5 Å². The molecule has 0 saturated heterocycles. The smallest absolute Gasteiger partial charge is 0.221 e. The van der Waals surface area contributed by atoms with Crippen LogP contribution in [-0.4, -0.2) is 35.5 Å². The normalized spacial score (nSPS) is 12.6. The van der Waals surface area contributed by atoms with Gasteiger partial charge in [-0.1, -0.05) is 13.8 Å². The van der Waals surface area contributed by atoms with Crippen LogP contribution >= 0.6 is 11.8 Å². The van der Waals surface area contributed by atoms with Crippen molar-refractivity contribution >= 4 is 17.7 Å². The zero-order chi connectivity index (χ0) is 14.2. The van der Waals surface area contributed by atoms with Crippen LogP contribution in [0.3, 0.4) is 0 Å². The lowest BCUT2D eigenvalue weighted by Gasteiger charge is -2.30. The van der Waals surface area contributed by atoms with Gasteiger partial charge in [-0.05, 0) is 39.9 Å². The van der Waals surface area contributed by atoms with Gasteiger partial charge in [-0.15, -0.1) is 0 Å². The number of rotatable bonds is 8. The van der Waals surface area contributed by atoms with Crippen LogP contribution < -0.4 is 10.6 Å². The second-order valence-electron chi connectivity index (χ2n) is 5.80. The van der Waals surface area contributed by atoms with Gasteiger partial charge >= 0.3 is 0 Å². The summed E-state index contributed by atoms with van der Waals surface area (Å²) in [6, 6.07) is 0. The van der Waals surface area contributed by atoms with Gasteiger partial charge in [0.05, 0.1) is 0 Å². The predicted octanol–water partition coefficient (Wildman–Crippen LogP) is 2.80. The average molecular weight is 274 g/mol. The molecule has 0 spiro atoms. The van der Waals surface area contributed by atoms with Gasteiger partial charge in [0.2, 0.25) is 5.91 Å². The first kappa shape index (κ1) is 17.8. The predicted molar refractivity (Wildman–Crippen MR) is 82.2 cm³/mol. The number of nitrogens with one attached hydrogen (secondary N) is 2. The number of thioether (sulfide) groups is 1. The van der Waals surface area contributed by atoms with Crippen molar-refractivity contribution < 1.29 is 4.79 Å². The van der Waals surface area contributed by atoms with Crippen LogP contribution in [0.15, 0.2) is 0 Å². The zero-order valence-corrected chi connectivity index (χ0v) is 13.7. The van der Waals surface area contributed by atoms with E-state index < -0.39 is 0 Å². The SMILES string of the molecule is CCC(CC)(CNC(=O)CCNC(C)(C)C)SC. The molecule has 0 saturated carbocycles. The third-order valence-corrected chi connectivity index (χ3v) is 4.92. The minimum Gasteiger partial charge on any atom is -0.355 e. The van der Waals surface area contributed by atoms with E-state index in [4.69, 9.17) is 0 Å². The summed E-state index contributed by atoms with van der Waals surface area (Å²) >= 11 is 1.86. The van der Waals surface area contributed by atoms with Crippen molar-refractivity contribution in [2.75, 3.05) is 19.3 Å². The average Bonchev–Trinajstić information content (AvgIpc) is 2.30. The summed E-state index contributed by atoms with van der Waals surface area (Å²) in [6.45, 7) is 12.2. The van der Waals surface area contributed by atoms with E-state index in [1.165, 1.54) is 0 Å². The molecule has 18 heavy (non-hydrogen) atoms. The highest BCUT2D eigenvalue weighted by atomic mass is 32.2. The fourth-order valence-electron chi connectivity index (χ4n) is 1.76. The third kappa shape index (κ3) is 7.27. The van der Waals surface area contributed by atoms with Crippen LogP contribution in [0.25, 0.3) is 0 Å². The molecule has 0 aromatic heterocycles. The second-order valence-corrected chi connectivity index (χ2v) is 7.07. The first-order chi connectivity index (χ1) is 8.28. The summed E-state index contributed by atoms with van der Waals surface area (Å²) in [7, 11) is 0. The largest absolute Gasteiger partial charge is 0.355 e. The summed E-state index contributed by atoms with van der Waals surface area (Å²) in [5.41, 5.74) is 0.0795. The summed E-state index contributed by atoms with van der Waals surface area (Å²) in [5, 5.41) is 6.39. The van der Waals surface area contributed by atoms with E-state index in [0.717, 1.165) is 25.9 Å². The van der Waals surface area contributed by atoms with Crippen molar-refractivity contribution in [1.29, 1.82) is 0 Å². The maximum atomic E-state index is 11.8. The van der Waals surface area contributed by atoms with Crippen molar-refractivity contribution in [2.45, 2.75) is 64.2 Å². The Balaban J connectivity index is 3.96. The van der Waals surface area contributed by atoms with E-state index in [-0.39, 0.29) is 16.2 Å². The van der Waals surface area contributed by atoms with Gasteiger partial charge in [0, 0.05) is 29.8 Å². The molecule has 108 valence electrons.